The fourth-order valence-electron chi connectivity index (χ4n) is 3.14. The van der Waals surface area contributed by atoms with E-state index >= 15 is 0 Å². The number of amides is 1. The second-order valence-electron chi connectivity index (χ2n) is 5.52. The lowest BCUT2D eigenvalue weighted by Gasteiger charge is -2.35. The fourth-order valence-corrected chi connectivity index (χ4v) is 3.14. The summed E-state index contributed by atoms with van der Waals surface area (Å²) in [7, 11) is 0. The van der Waals surface area contributed by atoms with Gasteiger partial charge in [-0.2, -0.15) is 0 Å². The van der Waals surface area contributed by atoms with Gasteiger partial charge in [-0.3, -0.25) is 4.79 Å². The molecule has 4 heteroatoms. The van der Waals surface area contributed by atoms with E-state index in [9.17, 15) is 4.79 Å². The van der Waals surface area contributed by atoms with E-state index in [1.165, 1.54) is 0 Å². The molecule has 1 aromatic rings. The van der Waals surface area contributed by atoms with Crippen molar-refractivity contribution in [2.24, 2.45) is 5.73 Å². The molecule has 1 unspecified atom stereocenters. The lowest BCUT2D eigenvalue weighted by Crippen LogP contribution is -2.45. The van der Waals surface area contributed by atoms with Gasteiger partial charge in [0.1, 0.15) is 5.75 Å². The summed E-state index contributed by atoms with van der Waals surface area (Å²) in [4.78, 5) is 15.0. The third-order valence-corrected chi connectivity index (χ3v) is 4.29. The summed E-state index contributed by atoms with van der Waals surface area (Å²) in [6, 6.07) is 8.14. The third-order valence-electron chi connectivity index (χ3n) is 4.29. The molecule has 1 amide bonds. The number of carbonyl (C=O) groups is 1. The molecule has 0 saturated heterocycles. The highest BCUT2D eigenvalue weighted by Gasteiger charge is 2.32. The summed E-state index contributed by atoms with van der Waals surface area (Å²) in [6.45, 7) is 6.00. The van der Waals surface area contributed by atoms with Crippen molar-refractivity contribution in [3.05, 3.63) is 29.8 Å². The minimum absolute atomic E-state index is 0.0953. The van der Waals surface area contributed by atoms with Gasteiger partial charge in [-0.25, -0.2) is 0 Å². The van der Waals surface area contributed by atoms with E-state index < -0.39 is 0 Å². The molecule has 2 rings (SSSR count). The van der Waals surface area contributed by atoms with Crippen LogP contribution in [0.25, 0.3) is 0 Å². The maximum absolute atomic E-state index is 13.0. The number of carbonyl (C=O) groups excluding carboxylic acids is 1. The van der Waals surface area contributed by atoms with E-state index in [-0.39, 0.29) is 17.9 Å². The number of ether oxygens (including phenoxy) is 1. The largest absolute Gasteiger partial charge is 0.493 e. The molecular weight excluding hydrogens is 264 g/mol. The molecule has 0 spiro atoms. The number of benzene rings is 1. The average Bonchev–Trinajstić information content (AvgIpc) is 2.54. The number of hydrogen-bond acceptors (Lipinski definition) is 3. The van der Waals surface area contributed by atoms with Gasteiger partial charge in [-0.05, 0) is 25.3 Å². The minimum atomic E-state index is -0.0953. The van der Waals surface area contributed by atoms with Crippen LogP contribution in [0, 0.1) is 0 Å². The molecule has 0 saturated carbocycles. The first-order chi connectivity index (χ1) is 10.2. The Morgan fingerprint density at radius 3 is 2.76 bits per heavy atom. The van der Waals surface area contributed by atoms with Crippen LogP contribution in [-0.2, 0) is 4.79 Å². The van der Waals surface area contributed by atoms with Gasteiger partial charge < -0.3 is 15.4 Å². The smallest absolute Gasteiger partial charge is 0.230 e. The molecule has 1 aliphatic heterocycles. The molecule has 0 radical (unpaired) electrons. The molecule has 1 atom stereocenters. The summed E-state index contributed by atoms with van der Waals surface area (Å²) >= 11 is 0. The quantitative estimate of drug-likeness (QED) is 0.876. The zero-order valence-electron chi connectivity index (χ0n) is 13.0. The van der Waals surface area contributed by atoms with Gasteiger partial charge in [0.25, 0.3) is 0 Å². The number of hydrogen-bond donors (Lipinski definition) is 1. The molecule has 1 aliphatic rings. The summed E-state index contributed by atoms with van der Waals surface area (Å²) in [6.07, 6.45) is 2.68. The SMILES string of the molecule is CCC(CC)N(CCN)C(=O)C1CCOc2ccccc21. The molecule has 0 aliphatic carbocycles. The second-order valence-corrected chi connectivity index (χ2v) is 5.52. The maximum atomic E-state index is 13.0. The summed E-state index contributed by atoms with van der Waals surface area (Å²) in [5.41, 5.74) is 6.74. The van der Waals surface area contributed by atoms with Crippen LogP contribution in [0.5, 0.6) is 5.75 Å². The minimum Gasteiger partial charge on any atom is -0.493 e. The Hall–Kier alpha value is -1.55. The normalized spacial score (nSPS) is 17.2. The molecule has 0 fully saturated rings. The van der Waals surface area contributed by atoms with Gasteiger partial charge in [0.2, 0.25) is 5.91 Å². The molecule has 0 bridgehead atoms. The van der Waals surface area contributed by atoms with E-state index in [0.717, 1.165) is 30.6 Å². The van der Waals surface area contributed by atoms with Crippen molar-refractivity contribution in [1.82, 2.24) is 4.90 Å². The fraction of sp³-hybridized carbons (Fsp3) is 0.588. The standard InChI is InChI=1S/C17H26N2O2/c1-3-13(4-2)19(11-10-18)17(20)15-9-12-21-16-8-6-5-7-14(15)16/h5-8,13,15H,3-4,9-12,18H2,1-2H3. The van der Waals surface area contributed by atoms with E-state index in [1.807, 2.05) is 29.2 Å². The first kappa shape index (κ1) is 15.8. The van der Waals surface area contributed by atoms with Crippen molar-refractivity contribution in [2.45, 2.75) is 45.1 Å². The highest BCUT2D eigenvalue weighted by Crippen LogP contribution is 2.35. The Balaban J connectivity index is 2.25. The molecule has 1 aromatic carbocycles. The van der Waals surface area contributed by atoms with Crippen LogP contribution >= 0.6 is 0 Å². The second kappa shape index (κ2) is 7.46. The summed E-state index contributed by atoms with van der Waals surface area (Å²) in [5, 5.41) is 0. The van der Waals surface area contributed by atoms with Gasteiger partial charge in [0, 0.05) is 24.7 Å². The van der Waals surface area contributed by atoms with Gasteiger partial charge >= 0.3 is 0 Å². The van der Waals surface area contributed by atoms with E-state index in [1.54, 1.807) is 0 Å². The highest BCUT2D eigenvalue weighted by atomic mass is 16.5. The Morgan fingerprint density at radius 2 is 2.10 bits per heavy atom. The van der Waals surface area contributed by atoms with Crippen LogP contribution in [0.1, 0.15) is 44.6 Å². The monoisotopic (exact) mass is 290 g/mol. The molecule has 1 heterocycles. The summed E-state index contributed by atoms with van der Waals surface area (Å²) < 4.78 is 5.66. The molecule has 116 valence electrons. The van der Waals surface area contributed by atoms with Gasteiger partial charge in [-0.1, -0.05) is 32.0 Å². The number of rotatable bonds is 6. The third kappa shape index (κ3) is 3.38. The number of nitrogens with zero attached hydrogens (tertiary/aromatic N) is 1. The molecule has 2 N–H and O–H groups in total. The average molecular weight is 290 g/mol. The first-order valence-electron chi connectivity index (χ1n) is 7.95. The lowest BCUT2D eigenvalue weighted by molar-refractivity contribution is -0.136. The van der Waals surface area contributed by atoms with Crippen LogP contribution in [0.3, 0.4) is 0 Å². The zero-order valence-corrected chi connectivity index (χ0v) is 13.0. The van der Waals surface area contributed by atoms with Crippen molar-refractivity contribution in [3.8, 4) is 5.75 Å². The Labute approximate surface area is 127 Å². The first-order valence-corrected chi connectivity index (χ1v) is 7.95. The number of para-hydroxylation sites is 1. The number of fused-ring (bicyclic) bond motifs is 1. The Kier molecular flexibility index (Phi) is 5.62. The summed E-state index contributed by atoms with van der Waals surface area (Å²) in [5.74, 6) is 0.950. The van der Waals surface area contributed by atoms with E-state index in [4.69, 9.17) is 10.5 Å². The molecule has 4 nitrogen and oxygen atoms in total. The van der Waals surface area contributed by atoms with Gasteiger partial charge in [0.05, 0.1) is 12.5 Å². The predicted octanol–water partition coefficient (Wildman–Crippen LogP) is 2.53. The van der Waals surface area contributed by atoms with Crippen molar-refractivity contribution in [2.75, 3.05) is 19.7 Å². The van der Waals surface area contributed by atoms with Crippen LogP contribution in [-0.4, -0.2) is 36.5 Å². The van der Waals surface area contributed by atoms with Crippen LogP contribution in [0.2, 0.25) is 0 Å². The lowest BCUT2D eigenvalue weighted by atomic mass is 9.91. The Morgan fingerprint density at radius 1 is 1.38 bits per heavy atom. The predicted molar refractivity (Wildman–Crippen MR) is 84.4 cm³/mol. The van der Waals surface area contributed by atoms with E-state index in [2.05, 4.69) is 13.8 Å². The van der Waals surface area contributed by atoms with Crippen molar-refractivity contribution in [1.29, 1.82) is 0 Å². The van der Waals surface area contributed by atoms with Crippen LogP contribution in [0.15, 0.2) is 24.3 Å². The van der Waals surface area contributed by atoms with Gasteiger partial charge in [-0.15, -0.1) is 0 Å². The molecule has 0 aromatic heterocycles. The highest BCUT2D eigenvalue weighted by molar-refractivity contribution is 5.85. The molecular formula is C17H26N2O2. The van der Waals surface area contributed by atoms with Crippen molar-refractivity contribution >= 4 is 5.91 Å². The van der Waals surface area contributed by atoms with Crippen LogP contribution < -0.4 is 10.5 Å². The van der Waals surface area contributed by atoms with Crippen molar-refractivity contribution < 1.29 is 9.53 Å². The van der Waals surface area contributed by atoms with Gasteiger partial charge in [0.15, 0.2) is 0 Å². The zero-order chi connectivity index (χ0) is 15.2. The topological polar surface area (TPSA) is 55.6 Å². The maximum Gasteiger partial charge on any atom is 0.230 e. The molecule has 21 heavy (non-hydrogen) atoms. The van der Waals surface area contributed by atoms with Crippen molar-refractivity contribution in [3.63, 3.8) is 0 Å². The number of nitrogens with two attached hydrogens (primary N) is 1. The van der Waals surface area contributed by atoms with E-state index in [0.29, 0.717) is 19.7 Å². The van der Waals surface area contributed by atoms with Crippen LogP contribution in [0.4, 0.5) is 0 Å². The Bertz CT molecular complexity index is 472.